The van der Waals surface area contributed by atoms with Crippen molar-refractivity contribution < 1.29 is 0 Å². The number of hydrogen-bond acceptors (Lipinski definition) is 3. The van der Waals surface area contributed by atoms with Gasteiger partial charge in [-0.15, -0.1) is 5.10 Å². The molecule has 1 aliphatic rings. The summed E-state index contributed by atoms with van der Waals surface area (Å²) >= 11 is 0. The molecule has 0 aliphatic heterocycles. The van der Waals surface area contributed by atoms with E-state index < -0.39 is 0 Å². The van der Waals surface area contributed by atoms with Gasteiger partial charge in [0.05, 0.1) is 11.4 Å². The molecular weight excluding hydrogens is 140 g/mol. The smallest absolute Gasteiger partial charge is 0.0902 e. The predicted octanol–water partition coefficient (Wildman–Crippen LogP) is -0.196. The maximum absolute atomic E-state index is 5.58. The maximum Gasteiger partial charge on any atom is 0.0902 e. The van der Waals surface area contributed by atoms with Crippen LogP contribution in [0.15, 0.2) is 0 Å². The number of hydrogen-bond donors (Lipinski definition) is 1. The zero-order valence-corrected chi connectivity index (χ0v) is 6.62. The van der Waals surface area contributed by atoms with Gasteiger partial charge in [0.1, 0.15) is 0 Å². The van der Waals surface area contributed by atoms with Crippen molar-refractivity contribution in [3.63, 3.8) is 0 Å². The molecule has 0 radical (unpaired) electrons. The van der Waals surface area contributed by atoms with Gasteiger partial charge < -0.3 is 5.73 Å². The normalized spacial score (nSPS) is 22.2. The van der Waals surface area contributed by atoms with Crippen LogP contribution in [0.3, 0.4) is 0 Å². The first-order valence-corrected chi connectivity index (χ1v) is 3.91. The summed E-state index contributed by atoms with van der Waals surface area (Å²) in [5.74, 6) is 0.457. The third-order valence-corrected chi connectivity index (χ3v) is 2.37. The van der Waals surface area contributed by atoms with Gasteiger partial charge in [-0.05, 0) is 12.8 Å². The molecule has 2 N–H and O–H groups in total. The molecular formula is C7H12N4. The van der Waals surface area contributed by atoms with Crippen LogP contribution in [0.4, 0.5) is 0 Å². The molecule has 0 bridgehead atoms. The second-order valence-electron chi connectivity index (χ2n) is 3.02. The summed E-state index contributed by atoms with van der Waals surface area (Å²) in [6.07, 6.45) is 2.23. The van der Waals surface area contributed by atoms with Gasteiger partial charge in [0.15, 0.2) is 0 Å². The van der Waals surface area contributed by atoms with Crippen LogP contribution in [0.25, 0.3) is 0 Å². The molecule has 1 aliphatic carbocycles. The summed E-state index contributed by atoms with van der Waals surface area (Å²) < 4.78 is 1.85. The third-order valence-electron chi connectivity index (χ3n) is 2.37. The predicted molar refractivity (Wildman–Crippen MR) is 41.1 cm³/mol. The van der Waals surface area contributed by atoms with Crippen molar-refractivity contribution in [2.75, 3.05) is 6.54 Å². The molecule has 2 rings (SSSR count). The van der Waals surface area contributed by atoms with E-state index in [0.717, 1.165) is 18.5 Å². The standard InChI is InChI=1S/C7H12N4/c1-11-6-3-2-5(4-8)7(6)9-10-11/h5H,2-4,8H2,1H3. The highest BCUT2D eigenvalue weighted by atomic mass is 15.4. The van der Waals surface area contributed by atoms with Gasteiger partial charge in [0.25, 0.3) is 0 Å². The van der Waals surface area contributed by atoms with Crippen LogP contribution in [-0.4, -0.2) is 21.5 Å². The number of fused-ring (bicyclic) bond motifs is 1. The first-order valence-electron chi connectivity index (χ1n) is 3.91. The first-order chi connectivity index (χ1) is 5.33. The quantitative estimate of drug-likeness (QED) is 0.606. The summed E-state index contributed by atoms with van der Waals surface area (Å²) in [5.41, 5.74) is 7.97. The topological polar surface area (TPSA) is 56.7 Å². The molecule has 1 heterocycles. The lowest BCUT2D eigenvalue weighted by Gasteiger charge is -2.00. The largest absolute Gasteiger partial charge is 0.330 e. The Morgan fingerprint density at radius 2 is 2.55 bits per heavy atom. The van der Waals surface area contributed by atoms with Crippen LogP contribution in [-0.2, 0) is 13.5 Å². The van der Waals surface area contributed by atoms with Gasteiger partial charge in [0, 0.05) is 19.5 Å². The lowest BCUT2D eigenvalue weighted by Crippen LogP contribution is -2.09. The third kappa shape index (κ3) is 0.860. The lowest BCUT2D eigenvalue weighted by molar-refractivity contribution is 0.617. The van der Waals surface area contributed by atoms with Crippen molar-refractivity contribution in [1.29, 1.82) is 0 Å². The molecule has 0 saturated carbocycles. The molecule has 1 aromatic heterocycles. The van der Waals surface area contributed by atoms with E-state index in [-0.39, 0.29) is 0 Å². The van der Waals surface area contributed by atoms with E-state index in [1.165, 1.54) is 5.69 Å². The Hall–Kier alpha value is -0.900. The Morgan fingerprint density at radius 3 is 3.27 bits per heavy atom. The minimum atomic E-state index is 0.457. The molecule has 60 valence electrons. The molecule has 4 heteroatoms. The SMILES string of the molecule is Cn1nnc2c1CCC2CN. The van der Waals surface area contributed by atoms with Gasteiger partial charge in [-0.2, -0.15) is 0 Å². The van der Waals surface area contributed by atoms with E-state index in [2.05, 4.69) is 10.3 Å². The second kappa shape index (κ2) is 2.30. The van der Waals surface area contributed by atoms with Crippen molar-refractivity contribution in [1.82, 2.24) is 15.0 Å². The van der Waals surface area contributed by atoms with E-state index in [0.29, 0.717) is 12.5 Å². The molecule has 1 atom stereocenters. The Kier molecular flexibility index (Phi) is 1.42. The highest BCUT2D eigenvalue weighted by Crippen LogP contribution is 2.29. The Bertz CT molecular complexity index is 265. The van der Waals surface area contributed by atoms with Crippen LogP contribution in [0, 0.1) is 0 Å². The van der Waals surface area contributed by atoms with Crippen molar-refractivity contribution in [2.24, 2.45) is 12.8 Å². The lowest BCUT2D eigenvalue weighted by atomic mass is 10.1. The zero-order valence-electron chi connectivity index (χ0n) is 6.62. The van der Waals surface area contributed by atoms with E-state index in [9.17, 15) is 0 Å². The van der Waals surface area contributed by atoms with Gasteiger partial charge in [-0.1, -0.05) is 5.21 Å². The molecule has 0 amide bonds. The van der Waals surface area contributed by atoms with Crippen molar-refractivity contribution in [3.8, 4) is 0 Å². The molecule has 0 aromatic carbocycles. The minimum absolute atomic E-state index is 0.457. The monoisotopic (exact) mass is 152 g/mol. The number of nitrogens with two attached hydrogens (primary N) is 1. The van der Waals surface area contributed by atoms with Crippen molar-refractivity contribution >= 4 is 0 Å². The summed E-state index contributed by atoms with van der Waals surface area (Å²) in [6.45, 7) is 0.700. The number of aryl methyl sites for hydroxylation is 1. The van der Waals surface area contributed by atoms with Gasteiger partial charge in [-0.3, -0.25) is 4.68 Å². The maximum atomic E-state index is 5.58. The Labute approximate surface area is 65.4 Å². The molecule has 11 heavy (non-hydrogen) atoms. The summed E-state index contributed by atoms with van der Waals surface area (Å²) in [5, 5.41) is 8.03. The molecule has 4 nitrogen and oxygen atoms in total. The van der Waals surface area contributed by atoms with Crippen LogP contribution < -0.4 is 5.73 Å². The highest BCUT2D eigenvalue weighted by Gasteiger charge is 2.26. The van der Waals surface area contributed by atoms with Crippen molar-refractivity contribution in [3.05, 3.63) is 11.4 Å². The van der Waals surface area contributed by atoms with E-state index in [1.54, 1.807) is 0 Å². The zero-order chi connectivity index (χ0) is 7.84. The van der Waals surface area contributed by atoms with Gasteiger partial charge in [0.2, 0.25) is 0 Å². The van der Waals surface area contributed by atoms with Crippen LogP contribution in [0.2, 0.25) is 0 Å². The Balaban J connectivity index is 2.40. The summed E-state index contributed by atoms with van der Waals surface area (Å²) in [6, 6.07) is 0. The Morgan fingerprint density at radius 1 is 1.73 bits per heavy atom. The van der Waals surface area contributed by atoms with E-state index in [4.69, 9.17) is 5.73 Å². The van der Waals surface area contributed by atoms with E-state index in [1.807, 2.05) is 11.7 Å². The van der Waals surface area contributed by atoms with E-state index >= 15 is 0 Å². The van der Waals surface area contributed by atoms with Crippen LogP contribution >= 0.6 is 0 Å². The first kappa shape index (κ1) is 6.79. The van der Waals surface area contributed by atoms with Crippen molar-refractivity contribution in [2.45, 2.75) is 18.8 Å². The number of nitrogens with zero attached hydrogens (tertiary/aromatic N) is 3. The highest BCUT2D eigenvalue weighted by molar-refractivity contribution is 5.21. The van der Waals surface area contributed by atoms with Gasteiger partial charge in [-0.25, -0.2) is 0 Å². The number of aromatic nitrogens is 3. The number of rotatable bonds is 1. The average molecular weight is 152 g/mol. The second-order valence-corrected chi connectivity index (χ2v) is 3.02. The molecule has 0 saturated heterocycles. The van der Waals surface area contributed by atoms with Crippen LogP contribution in [0.5, 0.6) is 0 Å². The summed E-state index contributed by atoms with van der Waals surface area (Å²) in [4.78, 5) is 0. The average Bonchev–Trinajstić information content (AvgIpc) is 2.53. The fraction of sp³-hybridized carbons (Fsp3) is 0.714. The summed E-state index contributed by atoms with van der Waals surface area (Å²) in [7, 11) is 1.94. The van der Waals surface area contributed by atoms with Gasteiger partial charge >= 0.3 is 0 Å². The molecule has 1 unspecified atom stereocenters. The minimum Gasteiger partial charge on any atom is -0.330 e. The fourth-order valence-electron chi connectivity index (χ4n) is 1.68. The molecule has 1 aromatic rings. The molecule has 0 spiro atoms. The fourth-order valence-corrected chi connectivity index (χ4v) is 1.68. The van der Waals surface area contributed by atoms with Crippen LogP contribution in [0.1, 0.15) is 23.7 Å². The molecule has 0 fully saturated rings.